The zero-order valence-corrected chi connectivity index (χ0v) is 19.2. The first-order chi connectivity index (χ1) is 15.5. The lowest BCUT2D eigenvalue weighted by Gasteiger charge is -2.16. The zero-order chi connectivity index (χ0) is 22.5. The van der Waals surface area contributed by atoms with E-state index < -0.39 is 0 Å². The molecule has 6 nitrogen and oxygen atoms in total. The highest BCUT2D eigenvalue weighted by molar-refractivity contribution is 8.00. The third kappa shape index (κ3) is 5.68. The third-order valence-electron chi connectivity index (χ3n) is 5.26. The quantitative estimate of drug-likeness (QED) is 0.479. The van der Waals surface area contributed by atoms with Gasteiger partial charge >= 0.3 is 0 Å². The van der Waals surface area contributed by atoms with E-state index >= 15 is 0 Å². The highest BCUT2D eigenvalue weighted by Gasteiger charge is 2.24. The Kier molecular flexibility index (Phi) is 7.44. The highest BCUT2D eigenvalue weighted by Crippen LogP contribution is 2.29. The van der Waals surface area contributed by atoms with Crippen molar-refractivity contribution in [1.29, 1.82) is 0 Å². The van der Waals surface area contributed by atoms with E-state index in [1.54, 1.807) is 24.3 Å². The van der Waals surface area contributed by atoms with E-state index in [2.05, 4.69) is 15.5 Å². The van der Waals surface area contributed by atoms with Crippen LogP contribution in [0.1, 0.15) is 25.3 Å². The molecule has 1 aliphatic rings. The molecule has 1 saturated heterocycles. The third-order valence-corrected chi connectivity index (χ3v) is 6.59. The molecule has 1 amide bonds. The van der Waals surface area contributed by atoms with Gasteiger partial charge in [0.25, 0.3) is 0 Å². The lowest BCUT2D eigenvalue weighted by molar-refractivity contribution is -0.120. The van der Waals surface area contributed by atoms with Crippen LogP contribution in [0.25, 0.3) is 11.4 Å². The van der Waals surface area contributed by atoms with Crippen molar-refractivity contribution in [2.24, 2.45) is 0 Å². The molecule has 2 unspecified atom stereocenters. The van der Waals surface area contributed by atoms with Crippen LogP contribution in [-0.2, 0) is 22.6 Å². The molecule has 2 aromatic carbocycles. The number of amides is 1. The van der Waals surface area contributed by atoms with Crippen molar-refractivity contribution >= 4 is 29.3 Å². The second-order valence-electron chi connectivity index (χ2n) is 7.66. The number of rotatable bonds is 8. The topological polar surface area (TPSA) is 69.0 Å². The summed E-state index contributed by atoms with van der Waals surface area (Å²) in [6, 6.07) is 13.5. The first-order valence-corrected chi connectivity index (χ1v) is 11.7. The Labute approximate surface area is 195 Å². The van der Waals surface area contributed by atoms with Crippen molar-refractivity contribution in [3.63, 3.8) is 0 Å². The molecule has 2 atom stereocenters. The number of nitrogens with one attached hydrogen (secondary N) is 1. The molecular formula is C23H24ClFN4O2S. The van der Waals surface area contributed by atoms with Gasteiger partial charge in [0.1, 0.15) is 5.82 Å². The van der Waals surface area contributed by atoms with Crippen LogP contribution >= 0.6 is 23.4 Å². The number of benzene rings is 2. The van der Waals surface area contributed by atoms with Crippen molar-refractivity contribution in [1.82, 2.24) is 20.1 Å². The SMILES string of the molecule is CC(Sc1nnc(-c2ccc(F)cc2)n1CC1CCCO1)C(=O)NCc1ccc(Cl)cc1. The molecule has 1 N–H and O–H groups in total. The normalized spacial score (nSPS) is 16.8. The van der Waals surface area contributed by atoms with Gasteiger partial charge in [-0.2, -0.15) is 0 Å². The van der Waals surface area contributed by atoms with E-state index in [4.69, 9.17) is 16.3 Å². The van der Waals surface area contributed by atoms with Crippen LogP contribution in [0.4, 0.5) is 4.39 Å². The van der Waals surface area contributed by atoms with Crippen LogP contribution in [0.5, 0.6) is 0 Å². The standard InChI is InChI=1S/C23H24ClFN4O2S/c1-15(22(30)26-13-16-4-8-18(24)9-5-16)32-23-28-27-21(17-6-10-19(25)11-7-17)29(23)14-20-3-2-12-31-20/h4-11,15,20H,2-3,12-14H2,1H3,(H,26,30). The lowest BCUT2D eigenvalue weighted by atomic mass is 10.2. The number of hydrogen-bond donors (Lipinski definition) is 1. The fourth-order valence-corrected chi connectivity index (χ4v) is 4.50. The van der Waals surface area contributed by atoms with Gasteiger partial charge in [-0.1, -0.05) is 35.5 Å². The molecule has 1 aromatic heterocycles. The maximum Gasteiger partial charge on any atom is 0.233 e. The fourth-order valence-electron chi connectivity index (χ4n) is 3.49. The van der Waals surface area contributed by atoms with Crippen molar-refractivity contribution in [3.05, 3.63) is 64.9 Å². The fraction of sp³-hybridized carbons (Fsp3) is 0.348. The van der Waals surface area contributed by atoms with Crippen molar-refractivity contribution < 1.29 is 13.9 Å². The molecule has 2 heterocycles. The zero-order valence-electron chi connectivity index (χ0n) is 17.6. The van der Waals surface area contributed by atoms with Crippen LogP contribution < -0.4 is 5.32 Å². The van der Waals surface area contributed by atoms with Gasteiger partial charge in [-0.25, -0.2) is 4.39 Å². The summed E-state index contributed by atoms with van der Waals surface area (Å²) in [7, 11) is 0. The molecule has 0 radical (unpaired) electrons. The van der Waals surface area contributed by atoms with Gasteiger partial charge in [0.2, 0.25) is 5.91 Å². The van der Waals surface area contributed by atoms with Gasteiger partial charge < -0.3 is 10.1 Å². The minimum atomic E-state index is -0.379. The number of carbonyl (C=O) groups excluding carboxylic acids is 1. The molecule has 0 spiro atoms. The van der Waals surface area contributed by atoms with E-state index in [9.17, 15) is 9.18 Å². The Bertz CT molecular complexity index is 1050. The van der Waals surface area contributed by atoms with Gasteiger partial charge in [-0.15, -0.1) is 10.2 Å². The van der Waals surface area contributed by atoms with Crippen LogP contribution in [-0.4, -0.2) is 38.6 Å². The minimum Gasteiger partial charge on any atom is -0.376 e. The van der Waals surface area contributed by atoms with Gasteiger partial charge in [-0.3, -0.25) is 9.36 Å². The molecule has 3 aromatic rings. The smallest absolute Gasteiger partial charge is 0.233 e. The van der Waals surface area contributed by atoms with Gasteiger partial charge in [0, 0.05) is 23.7 Å². The van der Waals surface area contributed by atoms with Gasteiger partial charge in [-0.05, 0) is 61.7 Å². The predicted octanol–water partition coefficient (Wildman–Crippen LogP) is 4.71. The Morgan fingerprint density at radius 1 is 1.25 bits per heavy atom. The molecule has 9 heteroatoms. The summed E-state index contributed by atoms with van der Waals surface area (Å²) in [6.07, 6.45) is 2.05. The second kappa shape index (κ2) is 10.5. The molecular weight excluding hydrogens is 451 g/mol. The number of thioether (sulfide) groups is 1. The molecule has 0 bridgehead atoms. The molecule has 4 rings (SSSR count). The number of nitrogens with zero attached hydrogens (tertiary/aromatic N) is 3. The first-order valence-electron chi connectivity index (χ1n) is 10.5. The summed E-state index contributed by atoms with van der Waals surface area (Å²) < 4.78 is 21.2. The number of carbonyl (C=O) groups is 1. The summed E-state index contributed by atoms with van der Waals surface area (Å²) in [5.41, 5.74) is 1.74. The van der Waals surface area contributed by atoms with E-state index in [-0.39, 0.29) is 23.1 Å². The minimum absolute atomic E-state index is 0.0681. The second-order valence-corrected chi connectivity index (χ2v) is 9.41. The van der Waals surface area contributed by atoms with Crippen molar-refractivity contribution in [2.75, 3.05) is 6.61 Å². The number of halogens is 2. The van der Waals surface area contributed by atoms with Crippen LogP contribution in [0.15, 0.2) is 53.7 Å². The molecule has 168 valence electrons. The molecule has 0 saturated carbocycles. The van der Waals surface area contributed by atoms with Crippen LogP contribution in [0.3, 0.4) is 0 Å². The van der Waals surface area contributed by atoms with E-state index in [1.807, 2.05) is 23.6 Å². The summed E-state index contributed by atoms with van der Waals surface area (Å²) in [4.78, 5) is 12.7. The molecule has 32 heavy (non-hydrogen) atoms. The van der Waals surface area contributed by atoms with Gasteiger partial charge in [0.05, 0.1) is 17.9 Å². The highest BCUT2D eigenvalue weighted by atomic mass is 35.5. The first kappa shape index (κ1) is 22.8. The molecule has 1 aliphatic heterocycles. The maximum atomic E-state index is 13.4. The van der Waals surface area contributed by atoms with E-state index in [0.717, 1.165) is 30.6 Å². The number of hydrogen-bond acceptors (Lipinski definition) is 5. The summed E-state index contributed by atoms with van der Waals surface area (Å²) in [6.45, 7) is 3.58. The predicted molar refractivity (Wildman–Crippen MR) is 123 cm³/mol. The Morgan fingerprint density at radius 2 is 2.00 bits per heavy atom. The monoisotopic (exact) mass is 474 g/mol. The average molecular weight is 475 g/mol. The summed E-state index contributed by atoms with van der Waals surface area (Å²) in [5, 5.41) is 12.5. The van der Waals surface area contributed by atoms with Crippen LogP contribution in [0, 0.1) is 5.82 Å². The summed E-state index contributed by atoms with van der Waals surface area (Å²) >= 11 is 7.26. The summed E-state index contributed by atoms with van der Waals surface area (Å²) in [5.74, 6) is 0.233. The Hall–Kier alpha value is -2.42. The van der Waals surface area contributed by atoms with E-state index in [0.29, 0.717) is 29.1 Å². The average Bonchev–Trinajstić information content (AvgIpc) is 3.44. The molecule has 1 fully saturated rings. The molecule has 0 aliphatic carbocycles. The van der Waals surface area contributed by atoms with E-state index in [1.165, 1.54) is 23.9 Å². The largest absolute Gasteiger partial charge is 0.376 e. The van der Waals surface area contributed by atoms with Crippen molar-refractivity contribution in [3.8, 4) is 11.4 Å². The van der Waals surface area contributed by atoms with Gasteiger partial charge in [0.15, 0.2) is 11.0 Å². The Morgan fingerprint density at radius 3 is 2.69 bits per heavy atom. The van der Waals surface area contributed by atoms with Crippen molar-refractivity contribution in [2.45, 2.75) is 49.4 Å². The maximum absolute atomic E-state index is 13.4. The lowest BCUT2D eigenvalue weighted by Crippen LogP contribution is -2.30. The number of ether oxygens (including phenoxy) is 1. The Balaban J connectivity index is 1.48. The number of aromatic nitrogens is 3. The van der Waals surface area contributed by atoms with Crippen LogP contribution in [0.2, 0.25) is 5.02 Å².